The van der Waals surface area contributed by atoms with Crippen LogP contribution < -0.4 is 15.2 Å². The number of piperidine rings is 1. The monoisotopic (exact) mass is 384 g/mol. The summed E-state index contributed by atoms with van der Waals surface area (Å²) in [5.41, 5.74) is 5.94. The summed E-state index contributed by atoms with van der Waals surface area (Å²) in [5, 5.41) is 0. The molecule has 8 heteroatoms. The van der Waals surface area contributed by atoms with Gasteiger partial charge >= 0.3 is 0 Å². The van der Waals surface area contributed by atoms with Crippen molar-refractivity contribution in [3.63, 3.8) is 0 Å². The summed E-state index contributed by atoms with van der Waals surface area (Å²) in [6, 6.07) is 4.46. The van der Waals surface area contributed by atoms with Gasteiger partial charge in [-0.15, -0.1) is 0 Å². The van der Waals surface area contributed by atoms with Crippen molar-refractivity contribution in [3.8, 4) is 11.5 Å². The summed E-state index contributed by atoms with van der Waals surface area (Å²) >= 11 is 0. The third-order valence-electron chi connectivity index (χ3n) is 4.85. The summed E-state index contributed by atoms with van der Waals surface area (Å²) in [6.07, 6.45) is 1.87. The van der Waals surface area contributed by atoms with Gasteiger partial charge in [-0.1, -0.05) is 0 Å². The molecule has 0 aromatic heterocycles. The Morgan fingerprint density at radius 3 is 2.62 bits per heavy atom. The van der Waals surface area contributed by atoms with Crippen LogP contribution in [0.2, 0.25) is 0 Å². The maximum absolute atomic E-state index is 12.6. The predicted molar refractivity (Wildman–Crippen MR) is 99.2 cm³/mol. The molecule has 1 aliphatic rings. The van der Waals surface area contributed by atoms with Gasteiger partial charge < -0.3 is 20.1 Å². The zero-order valence-corrected chi connectivity index (χ0v) is 16.4. The molecule has 0 bridgehead atoms. The number of sulfone groups is 1. The molecule has 0 aliphatic carbocycles. The van der Waals surface area contributed by atoms with Gasteiger partial charge in [0.05, 0.1) is 24.9 Å². The maximum Gasteiger partial charge on any atom is 0.223 e. The lowest BCUT2D eigenvalue weighted by Crippen LogP contribution is -2.45. The number of rotatable bonds is 7. The zero-order valence-electron chi connectivity index (χ0n) is 15.6. The molecule has 2 N–H and O–H groups in total. The van der Waals surface area contributed by atoms with E-state index in [9.17, 15) is 13.2 Å². The summed E-state index contributed by atoms with van der Waals surface area (Å²) in [7, 11) is -0.657. The lowest BCUT2D eigenvalue weighted by atomic mass is 9.92. The topological polar surface area (TPSA) is 98.9 Å². The van der Waals surface area contributed by atoms with E-state index in [-0.39, 0.29) is 34.9 Å². The minimum absolute atomic E-state index is 0.0288. The fourth-order valence-corrected chi connectivity index (χ4v) is 4.41. The van der Waals surface area contributed by atoms with Gasteiger partial charge in [0.15, 0.2) is 21.3 Å². The Hall–Kier alpha value is -1.80. The van der Waals surface area contributed by atoms with Crippen molar-refractivity contribution in [1.29, 1.82) is 0 Å². The minimum atomic E-state index is -3.59. The molecule has 146 valence electrons. The van der Waals surface area contributed by atoms with Crippen molar-refractivity contribution in [3.05, 3.63) is 18.2 Å². The van der Waals surface area contributed by atoms with Gasteiger partial charge in [0.25, 0.3) is 0 Å². The number of nitrogens with two attached hydrogens (primary N) is 1. The van der Waals surface area contributed by atoms with Crippen LogP contribution in [0.3, 0.4) is 0 Å². The number of likely N-dealkylation sites (tertiary alicyclic amines) is 1. The van der Waals surface area contributed by atoms with Crippen molar-refractivity contribution in [1.82, 2.24) is 4.90 Å². The van der Waals surface area contributed by atoms with Crippen LogP contribution in [-0.4, -0.2) is 58.3 Å². The lowest BCUT2D eigenvalue weighted by molar-refractivity contribution is -0.132. The first-order valence-electron chi connectivity index (χ1n) is 8.76. The summed E-state index contributed by atoms with van der Waals surface area (Å²) < 4.78 is 35.4. The van der Waals surface area contributed by atoms with E-state index in [2.05, 4.69) is 0 Å². The number of amides is 1. The highest BCUT2D eigenvalue weighted by molar-refractivity contribution is 7.91. The third-order valence-corrected chi connectivity index (χ3v) is 6.57. The van der Waals surface area contributed by atoms with E-state index in [1.54, 1.807) is 11.0 Å². The number of benzene rings is 1. The third kappa shape index (κ3) is 4.88. The number of hydrogen-bond acceptors (Lipinski definition) is 6. The van der Waals surface area contributed by atoms with Crippen LogP contribution in [0.1, 0.15) is 26.2 Å². The largest absolute Gasteiger partial charge is 0.493 e. The Labute approximate surface area is 155 Å². The Balaban J connectivity index is 2.02. The first-order chi connectivity index (χ1) is 12.3. The molecule has 1 aromatic rings. The number of nitrogens with zero attached hydrogens (tertiary/aromatic N) is 1. The summed E-state index contributed by atoms with van der Waals surface area (Å²) in [6.45, 7) is 3.21. The van der Waals surface area contributed by atoms with Gasteiger partial charge in [0.2, 0.25) is 5.91 Å². The molecule has 1 aliphatic heterocycles. The van der Waals surface area contributed by atoms with Crippen LogP contribution in [-0.2, 0) is 14.6 Å². The number of ether oxygens (including phenoxy) is 2. The highest BCUT2D eigenvalue weighted by Crippen LogP contribution is 2.30. The number of carbonyl (C=O) groups is 1. The minimum Gasteiger partial charge on any atom is -0.493 e. The Morgan fingerprint density at radius 2 is 2.00 bits per heavy atom. The molecule has 2 atom stereocenters. The van der Waals surface area contributed by atoms with Gasteiger partial charge in [-0.05, 0) is 37.8 Å². The molecule has 2 unspecified atom stereocenters. The molecular formula is C18H28N2O5S. The van der Waals surface area contributed by atoms with E-state index in [0.717, 1.165) is 12.8 Å². The van der Waals surface area contributed by atoms with Crippen LogP contribution >= 0.6 is 0 Å². The molecule has 1 heterocycles. The molecular weight excluding hydrogens is 356 g/mol. The second-order valence-corrected chi connectivity index (χ2v) is 8.80. The van der Waals surface area contributed by atoms with E-state index in [4.69, 9.17) is 15.2 Å². The average Bonchev–Trinajstić information content (AvgIpc) is 2.65. The van der Waals surface area contributed by atoms with Gasteiger partial charge in [0.1, 0.15) is 0 Å². The molecule has 1 saturated heterocycles. The first-order valence-corrected chi connectivity index (χ1v) is 10.4. The Kier molecular flexibility index (Phi) is 6.88. The van der Waals surface area contributed by atoms with Crippen molar-refractivity contribution in [2.75, 3.05) is 33.1 Å². The van der Waals surface area contributed by atoms with E-state index in [0.29, 0.717) is 24.6 Å². The molecule has 1 aromatic carbocycles. The van der Waals surface area contributed by atoms with Crippen LogP contribution in [0.5, 0.6) is 11.5 Å². The number of hydrogen-bond donors (Lipinski definition) is 1. The van der Waals surface area contributed by atoms with E-state index in [1.807, 2.05) is 6.92 Å². The predicted octanol–water partition coefficient (Wildman–Crippen LogP) is 1.45. The molecule has 0 radical (unpaired) electrons. The zero-order chi connectivity index (χ0) is 19.3. The maximum atomic E-state index is 12.6. The van der Waals surface area contributed by atoms with Gasteiger partial charge in [0, 0.05) is 31.6 Å². The molecule has 26 heavy (non-hydrogen) atoms. The molecule has 0 spiro atoms. The average molecular weight is 384 g/mol. The molecule has 0 saturated carbocycles. The smallest absolute Gasteiger partial charge is 0.223 e. The number of methoxy groups -OCH3 is 2. The van der Waals surface area contributed by atoms with E-state index < -0.39 is 9.84 Å². The SMILES string of the molecule is COc1ccc(S(=O)(=O)CCC(=O)N2CCCC(C(C)N)C2)cc1OC. The summed E-state index contributed by atoms with van der Waals surface area (Å²) in [5.74, 6) is 0.698. The van der Waals surface area contributed by atoms with Crippen LogP contribution in [0, 0.1) is 5.92 Å². The molecule has 1 amide bonds. The lowest BCUT2D eigenvalue weighted by Gasteiger charge is -2.34. The fourth-order valence-electron chi connectivity index (χ4n) is 3.17. The second kappa shape index (κ2) is 8.73. The first kappa shape index (κ1) is 20.5. The molecule has 1 fully saturated rings. The van der Waals surface area contributed by atoms with Crippen LogP contribution in [0.4, 0.5) is 0 Å². The van der Waals surface area contributed by atoms with Crippen molar-refractivity contribution in [2.24, 2.45) is 11.7 Å². The fraction of sp³-hybridized carbons (Fsp3) is 0.611. The molecule has 2 rings (SSSR count). The van der Waals surface area contributed by atoms with Crippen molar-refractivity contribution >= 4 is 15.7 Å². The van der Waals surface area contributed by atoms with E-state index in [1.165, 1.54) is 26.4 Å². The van der Waals surface area contributed by atoms with Crippen molar-refractivity contribution in [2.45, 2.75) is 37.1 Å². The van der Waals surface area contributed by atoms with E-state index >= 15 is 0 Å². The number of carbonyl (C=O) groups excluding carboxylic acids is 1. The normalized spacial score (nSPS) is 19.1. The van der Waals surface area contributed by atoms with Gasteiger partial charge in [-0.2, -0.15) is 0 Å². The Bertz CT molecular complexity index is 733. The van der Waals surface area contributed by atoms with Crippen LogP contribution in [0.25, 0.3) is 0 Å². The van der Waals surface area contributed by atoms with Gasteiger partial charge in [-0.25, -0.2) is 8.42 Å². The van der Waals surface area contributed by atoms with Crippen LogP contribution in [0.15, 0.2) is 23.1 Å². The quantitative estimate of drug-likeness (QED) is 0.764. The Morgan fingerprint density at radius 1 is 1.31 bits per heavy atom. The second-order valence-electron chi connectivity index (χ2n) is 6.69. The van der Waals surface area contributed by atoms with Gasteiger partial charge in [-0.3, -0.25) is 4.79 Å². The highest BCUT2D eigenvalue weighted by atomic mass is 32.2. The van der Waals surface area contributed by atoms with Crippen molar-refractivity contribution < 1.29 is 22.7 Å². The summed E-state index contributed by atoms with van der Waals surface area (Å²) in [4.78, 5) is 14.3. The molecule has 7 nitrogen and oxygen atoms in total. The highest BCUT2D eigenvalue weighted by Gasteiger charge is 2.27. The standard InChI is InChI=1S/C18H28N2O5S/c1-13(19)14-5-4-9-20(12-14)18(21)8-10-26(22,23)15-6-7-16(24-2)17(11-15)25-3/h6-7,11,13-14H,4-5,8-10,12,19H2,1-3H3.